The standard InChI is InChI=1S/C15H21FN2O3.ClH/c1-20-6-7-21-14-5-4-12(9-13(14)16)18-15(19)10-2-3-11(17)8-10;/h4-5,9-11H,2-3,6-8,17H2,1H3,(H,18,19);1H. The van der Waals surface area contributed by atoms with Crippen LogP contribution in [-0.4, -0.2) is 32.3 Å². The van der Waals surface area contributed by atoms with Gasteiger partial charge in [-0.25, -0.2) is 4.39 Å². The summed E-state index contributed by atoms with van der Waals surface area (Å²) in [6, 6.07) is 4.47. The molecule has 0 saturated heterocycles. The Labute approximate surface area is 135 Å². The van der Waals surface area contributed by atoms with E-state index in [2.05, 4.69) is 5.32 Å². The molecule has 1 aliphatic carbocycles. The SMILES string of the molecule is COCCOc1ccc(NC(=O)C2CCC(N)C2)cc1F.Cl. The third-order valence-corrected chi connectivity index (χ3v) is 3.59. The number of nitrogens with one attached hydrogen (secondary N) is 1. The van der Waals surface area contributed by atoms with Crippen LogP contribution in [0.4, 0.5) is 10.1 Å². The van der Waals surface area contributed by atoms with Crippen molar-refractivity contribution in [2.24, 2.45) is 11.7 Å². The first-order valence-electron chi connectivity index (χ1n) is 7.08. The van der Waals surface area contributed by atoms with E-state index in [0.717, 1.165) is 12.8 Å². The predicted octanol–water partition coefficient (Wildman–Crippen LogP) is 2.34. The van der Waals surface area contributed by atoms with Gasteiger partial charge in [-0.2, -0.15) is 0 Å². The zero-order valence-electron chi connectivity index (χ0n) is 12.5. The summed E-state index contributed by atoms with van der Waals surface area (Å²) in [4.78, 5) is 12.0. The minimum atomic E-state index is -0.507. The molecule has 124 valence electrons. The molecule has 1 aliphatic rings. The van der Waals surface area contributed by atoms with Crippen LogP contribution in [0.15, 0.2) is 18.2 Å². The topological polar surface area (TPSA) is 73.6 Å². The van der Waals surface area contributed by atoms with E-state index in [4.69, 9.17) is 15.2 Å². The molecule has 1 fully saturated rings. The first-order valence-corrected chi connectivity index (χ1v) is 7.08. The molecule has 22 heavy (non-hydrogen) atoms. The van der Waals surface area contributed by atoms with E-state index in [0.29, 0.717) is 18.7 Å². The Morgan fingerprint density at radius 2 is 2.18 bits per heavy atom. The van der Waals surface area contributed by atoms with E-state index in [1.165, 1.54) is 12.1 Å². The van der Waals surface area contributed by atoms with Crippen LogP contribution in [0.1, 0.15) is 19.3 Å². The van der Waals surface area contributed by atoms with Gasteiger partial charge in [0, 0.05) is 30.8 Å². The number of nitrogens with two attached hydrogens (primary N) is 1. The lowest BCUT2D eigenvalue weighted by atomic mass is 10.1. The van der Waals surface area contributed by atoms with Crippen LogP contribution in [0.5, 0.6) is 5.75 Å². The molecule has 1 aromatic rings. The summed E-state index contributed by atoms with van der Waals surface area (Å²) in [5.41, 5.74) is 6.22. The Balaban J connectivity index is 0.00000242. The maximum Gasteiger partial charge on any atom is 0.227 e. The lowest BCUT2D eigenvalue weighted by Crippen LogP contribution is -2.23. The van der Waals surface area contributed by atoms with Crippen molar-refractivity contribution in [3.8, 4) is 5.75 Å². The van der Waals surface area contributed by atoms with Crippen molar-refractivity contribution in [2.75, 3.05) is 25.6 Å². The van der Waals surface area contributed by atoms with Crippen LogP contribution in [0, 0.1) is 11.7 Å². The zero-order chi connectivity index (χ0) is 15.2. The fraction of sp³-hybridized carbons (Fsp3) is 0.533. The van der Waals surface area contributed by atoms with Gasteiger partial charge in [0.2, 0.25) is 5.91 Å². The molecule has 1 aromatic carbocycles. The minimum absolute atomic E-state index is 0. The Morgan fingerprint density at radius 3 is 2.77 bits per heavy atom. The Bertz CT molecular complexity index is 502. The van der Waals surface area contributed by atoms with Crippen molar-refractivity contribution in [3.63, 3.8) is 0 Å². The third kappa shape index (κ3) is 5.12. The van der Waals surface area contributed by atoms with Gasteiger partial charge in [0.15, 0.2) is 11.6 Å². The molecule has 0 radical (unpaired) electrons. The van der Waals surface area contributed by atoms with Gasteiger partial charge in [0.05, 0.1) is 6.61 Å². The first kappa shape index (κ1) is 18.7. The Morgan fingerprint density at radius 1 is 1.41 bits per heavy atom. The summed E-state index contributed by atoms with van der Waals surface area (Å²) < 4.78 is 23.9. The highest BCUT2D eigenvalue weighted by Gasteiger charge is 2.27. The number of hydrogen-bond donors (Lipinski definition) is 2. The molecule has 2 unspecified atom stereocenters. The second-order valence-corrected chi connectivity index (χ2v) is 5.25. The Hall–Kier alpha value is -1.37. The maximum absolute atomic E-state index is 13.8. The smallest absolute Gasteiger partial charge is 0.227 e. The first-order chi connectivity index (χ1) is 10.1. The molecule has 5 nitrogen and oxygen atoms in total. The van der Waals surface area contributed by atoms with Crippen molar-refractivity contribution >= 4 is 24.0 Å². The minimum Gasteiger partial charge on any atom is -0.488 e. The fourth-order valence-corrected chi connectivity index (χ4v) is 2.43. The number of methoxy groups -OCH3 is 1. The third-order valence-electron chi connectivity index (χ3n) is 3.59. The average Bonchev–Trinajstić information content (AvgIpc) is 2.88. The molecule has 1 saturated carbocycles. The van der Waals surface area contributed by atoms with E-state index in [-0.39, 0.29) is 42.6 Å². The highest BCUT2D eigenvalue weighted by molar-refractivity contribution is 5.92. The highest BCUT2D eigenvalue weighted by atomic mass is 35.5. The second kappa shape index (κ2) is 8.92. The monoisotopic (exact) mass is 332 g/mol. The van der Waals surface area contributed by atoms with Gasteiger partial charge in [0.25, 0.3) is 0 Å². The lowest BCUT2D eigenvalue weighted by Gasteiger charge is -2.12. The summed E-state index contributed by atoms with van der Waals surface area (Å²) in [5, 5.41) is 2.72. The van der Waals surface area contributed by atoms with Gasteiger partial charge in [-0.1, -0.05) is 0 Å². The Kier molecular flexibility index (Phi) is 7.58. The van der Waals surface area contributed by atoms with Crippen molar-refractivity contribution in [1.29, 1.82) is 0 Å². The van der Waals surface area contributed by atoms with E-state index >= 15 is 0 Å². The largest absolute Gasteiger partial charge is 0.488 e. The summed E-state index contributed by atoms with van der Waals surface area (Å²) in [5.74, 6) is -0.545. The highest BCUT2D eigenvalue weighted by Crippen LogP contribution is 2.26. The average molecular weight is 333 g/mol. The quantitative estimate of drug-likeness (QED) is 0.784. The molecule has 0 bridgehead atoms. The molecular formula is C15H22ClFN2O3. The summed E-state index contributed by atoms with van der Waals surface area (Å²) in [7, 11) is 1.55. The van der Waals surface area contributed by atoms with Gasteiger partial charge in [0.1, 0.15) is 6.61 Å². The van der Waals surface area contributed by atoms with Crippen molar-refractivity contribution in [1.82, 2.24) is 0 Å². The molecule has 2 rings (SSSR count). The number of hydrogen-bond acceptors (Lipinski definition) is 4. The molecule has 3 N–H and O–H groups in total. The molecule has 7 heteroatoms. The number of ether oxygens (including phenoxy) is 2. The van der Waals surface area contributed by atoms with Crippen molar-refractivity contribution in [3.05, 3.63) is 24.0 Å². The molecule has 1 amide bonds. The number of rotatable bonds is 6. The van der Waals surface area contributed by atoms with Gasteiger partial charge in [-0.05, 0) is 31.4 Å². The molecular weight excluding hydrogens is 311 g/mol. The van der Waals surface area contributed by atoms with Gasteiger partial charge < -0.3 is 20.5 Å². The number of benzene rings is 1. The number of carbonyl (C=O) groups excluding carboxylic acids is 1. The predicted molar refractivity (Wildman–Crippen MR) is 85.0 cm³/mol. The van der Waals surface area contributed by atoms with E-state index < -0.39 is 5.82 Å². The summed E-state index contributed by atoms with van der Waals surface area (Å²) in [6.07, 6.45) is 2.33. The number of carbonyl (C=O) groups is 1. The lowest BCUT2D eigenvalue weighted by molar-refractivity contribution is -0.119. The number of halogens is 2. The van der Waals surface area contributed by atoms with E-state index in [9.17, 15) is 9.18 Å². The van der Waals surface area contributed by atoms with Crippen LogP contribution in [0.25, 0.3) is 0 Å². The van der Waals surface area contributed by atoms with Crippen LogP contribution in [-0.2, 0) is 9.53 Å². The fourth-order valence-electron chi connectivity index (χ4n) is 2.43. The van der Waals surface area contributed by atoms with Crippen molar-refractivity contribution in [2.45, 2.75) is 25.3 Å². The molecule has 0 spiro atoms. The zero-order valence-corrected chi connectivity index (χ0v) is 13.3. The maximum atomic E-state index is 13.8. The van der Waals surface area contributed by atoms with Crippen LogP contribution in [0.3, 0.4) is 0 Å². The normalized spacial score (nSPS) is 20.3. The molecule has 0 aromatic heterocycles. The van der Waals surface area contributed by atoms with E-state index in [1.54, 1.807) is 13.2 Å². The molecule has 0 heterocycles. The summed E-state index contributed by atoms with van der Waals surface area (Å²) in [6.45, 7) is 0.666. The van der Waals surface area contributed by atoms with Crippen molar-refractivity contribution < 1.29 is 18.7 Å². The van der Waals surface area contributed by atoms with E-state index in [1.807, 2.05) is 0 Å². The van der Waals surface area contributed by atoms with Crippen LogP contribution < -0.4 is 15.8 Å². The van der Waals surface area contributed by atoms with Gasteiger partial charge in [-0.3, -0.25) is 4.79 Å². The molecule has 2 atom stereocenters. The van der Waals surface area contributed by atoms with Gasteiger partial charge >= 0.3 is 0 Å². The molecule has 0 aliphatic heterocycles. The van der Waals surface area contributed by atoms with Gasteiger partial charge in [-0.15, -0.1) is 12.4 Å². The van der Waals surface area contributed by atoms with Crippen LogP contribution in [0.2, 0.25) is 0 Å². The second-order valence-electron chi connectivity index (χ2n) is 5.25. The van der Waals surface area contributed by atoms with Crippen LogP contribution >= 0.6 is 12.4 Å². The number of amides is 1. The summed E-state index contributed by atoms with van der Waals surface area (Å²) >= 11 is 0. The number of anilines is 1.